The smallest absolute Gasteiger partial charge is 0.0399 e. The zero-order chi connectivity index (χ0) is 13.7. The van der Waals surface area contributed by atoms with E-state index in [0.717, 1.165) is 12.8 Å². The molecule has 0 radical (unpaired) electrons. The molecule has 0 aromatic heterocycles. The third kappa shape index (κ3) is 3.73. The van der Waals surface area contributed by atoms with E-state index < -0.39 is 0 Å². The Kier molecular flexibility index (Phi) is 5.26. The minimum absolute atomic E-state index is 0.279. The normalized spacial score (nSPS) is 18.3. The lowest BCUT2D eigenvalue weighted by molar-refractivity contribution is 0.427. The molecule has 1 fully saturated rings. The van der Waals surface area contributed by atoms with Crippen molar-refractivity contribution >= 4 is 5.69 Å². The summed E-state index contributed by atoms with van der Waals surface area (Å²) in [5, 5.41) is 0. The van der Waals surface area contributed by atoms with Crippen LogP contribution < -0.4 is 10.6 Å². The molecule has 19 heavy (non-hydrogen) atoms. The van der Waals surface area contributed by atoms with Crippen molar-refractivity contribution in [3.63, 3.8) is 0 Å². The fraction of sp³-hybridized carbons (Fsp3) is 0.647. The van der Waals surface area contributed by atoms with Gasteiger partial charge in [0.1, 0.15) is 0 Å². The molecule has 0 spiro atoms. The Morgan fingerprint density at radius 3 is 2.58 bits per heavy atom. The molecule has 2 heteroatoms. The molecule has 0 amide bonds. The maximum absolute atomic E-state index is 6.13. The fourth-order valence-corrected chi connectivity index (χ4v) is 3.12. The van der Waals surface area contributed by atoms with E-state index in [4.69, 9.17) is 5.73 Å². The topological polar surface area (TPSA) is 29.3 Å². The van der Waals surface area contributed by atoms with Gasteiger partial charge in [-0.3, -0.25) is 0 Å². The molecule has 1 aromatic rings. The van der Waals surface area contributed by atoms with Crippen LogP contribution in [0.1, 0.15) is 51.0 Å². The van der Waals surface area contributed by atoms with Gasteiger partial charge in [0.15, 0.2) is 0 Å². The highest BCUT2D eigenvalue weighted by atomic mass is 15.1. The first-order chi connectivity index (χ1) is 9.22. The zero-order valence-electron chi connectivity index (χ0n) is 12.4. The first-order valence-corrected chi connectivity index (χ1v) is 7.78. The van der Waals surface area contributed by atoms with Crippen molar-refractivity contribution < 1.29 is 0 Å². The molecule has 1 aliphatic carbocycles. The second-order valence-corrected chi connectivity index (χ2v) is 5.90. The summed E-state index contributed by atoms with van der Waals surface area (Å²) in [5.74, 6) is 0. The van der Waals surface area contributed by atoms with Gasteiger partial charge in [-0.25, -0.2) is 0 Å². The van der Waals surface area contributed by atoms with Crippen molar-refractivity contribution in [2.75, 3.05) is 11.9 Å². The van der Waals surface area contributed by atoms with E-state index >= 15 is 0 Å². The molecule has 106 valence electrons. The van der Waals surface area contributed by atoms with Crippen LogP contribution >= 0.6 is 0 Å². The van der Waals surface area contributed by atoms with Gasteiger partial charge >= 0.3 is 0 Å². The van der Waals surface area contributed by atoms with Crippen LogP contribution in [0.2, 0.25) is 0 Å². The highest BCUT2D eigenvalue weighted by Crippen LogP contribution is 2.29. The van der Waals surface area contributed by atoms with Crippen LogP contribution in [0.5, 0.6) is 0 Å². The van der Waals surface area contributed by atoms with Crippen LogP contribution in [0.4, 0.5) is 5.69 Å². The van der Waals surface area contributed by atoms with Crippen LogP contribution in [0.25, 0.3) is 0 Å². The van der Waals surface area contributed by atoms with Crippen molar-refractivity contribution in [2.24, 2.45) is 5.73 Å². The van der Waals surface area contributed by atoms with Crippen LogP contribution in [0, 0.1) is 0 Å². The number of nitrogens with two attached hydrogens (primary N) is 1. The average Bonchev–Trinajstić information content (AvgIpc) is 2.48. The number of para-hydroxylation sites is 1. The Hall–Kier alpha value is -1.02. The molecular weight excluding hydrogens is 232 g/mol. The summed E-state index contributed by atoms with van der Waals surface area (Å²) in [4.78, 5) is 2.50. The molecule has 1 aromatic carbocycles. The van der Waals surface area contributed by atoms with Crippen LogP contribution in [0.15, 0.2) is 24.3 Å². The number of hydrogen-bond acceptors (Lipinski definition) is 2. The second-order valence-electron chi connectivity index (χ2n) is 5.90. The van der Waals surface area contributed by atoms with Gasteiger partial charge in [0.05, 0.1) is 0 Å². The van der Waals surface area contributed by atoms with Gasteiger partial charge < -0.3 is 10.6 Å². The van der Waals surface area contributed by atoms with Crippen molar-refractivity contribution in [3.8, 4) is 0 Å². The number of benzene rings is 1. The number of rotatable bonds is 5. The lowest BCUT2D eigenvalue weighted by Gasteiger charge is -2.34. The third-order valence-electron chi connectivity index (χ3n) is 4.50. The van der Waals surface area contributed by atoms with Crippen LogP contribution in [0.3, 0.4) is 0 Å². The Bertz CT molecular complexity index is 383. The van der Waals surface area contributed by atoms with E-state index in [1.807, 2.05) is 0 Å². The summed E-state index contributed by atoms with van der Waals surface area (Å²) in [5.41, 5.74) is 8.93. The SMILES string of the molecule is CCC(N)Cc1ccccc1N(C)C1CCCCC1. The Morgan fingerprint density at radius 1 is 1.21 bits per heavy atom. The van der Waals surface area contributed by atoms with E-state index in [0.29, 0.717) is 6.04 Å². The molecular formula is C17H28N2. The molecule has 2 nitrogen and oxygen atoms in total. The maximum atomic E-state index is 6.13. The van der Waals surface area contributed by atoms with Gasteiger partial charge in [0.25, 0.3) is 0 Å². The molecule has 1 unspecified atom stereocenters. The van der Waals surface area contributed by atoms with Crippen LogP contribution in [-0.4, -0.2) is 19.1 Å². The van der Waals surface area contributed by atoms with E-state index in [-0.39, 0.29) is 6.04 Å². The van der Waals surface area contributed by atoms with E-state index in [9.17, 15) is 0 Å². The van der Waals surface area contributed by atoms with Crippen molar-refractivity contribution in [3.05, 3.63) is 29.8 Å². The molecule has 1 aliphatic rings. The first-order valence-electron chi connectivity index (χ1n) is 7.78. The first kappa shape index (κ1) is 14.4. The number of nitrogens with zero attached hydrogens (tertiary/aromatic N) is 1. The molecule has 1 atom stereocenters. The summed E-state index contributed by atoms with van der Waals surface area (Å²) in [6.07, 6.45) is 8.88. The van der Waals surface area contributed by atoms with Gasteiger partial charge in [-0.15, -0.1) is 0 Å². The molecule has 0 heterocycles. The minimum atomic E-state index is 0.279. The summed E-state index contributed by atoms with van der Waals surface area (Å²) in [6, 6.07) is 9.77. The van der Waals surface area contributed by atoms with Gasteiger partial charge in [-0.2, -0.15) is 0 Å². The molecule has 0 bridgehead atoms. The summed E-state index contributed by atoms with van der Waals surface area (Å²) < 4.78 is 0. The Balaban J connectivity index is 2.13. The highest BCUT2D eigenvalue weighted by Gasteiger charge is 2.20. The fourth-order valence-electron chi connectivity index (χ4n) is 3.12. The van der Waals surface area contributed by atoms with Gasteiger partial charge in [0, 0.05) is 24.8 Å². The predicted octanol–water partition coefficient (Wildman–Crippen LogP) is 3.74. The minimum Gasteiger partial charge on any atom is -0.371 e. The molecule has 1 saturated carbocycles. The number of hydrogen-bond donors (Lipinski definition) is 1. The zero-order valence-corrected chi connectivity index (χ0v) is 12.4. The van der Waals surface area contributed by atoms with Crippen molar-refractivity contribution in [2.45, 2.75) is 64.0 Å². The lowest BCUT2D eigenvalue weighted by atomic mass is 9.93. The molecule has 2 N–H and O–H groups in total. The Morgan fingerprint density at radius 2 is 1.89 bits per heavy atom. The Labute approximate surface area is 118 Å². The summed E-state index contributed by atoms with van der Waals surface area (Å²) in [6.45, 7) is 2.16. The second kappa shape index (κ2) is 6.95. The molecule has 2 rings (SSSR count). The summed E-state index contributed by atoms with van der Waals surface area (Å²) in [7, 11) is 2.26. The number of anilines is 1. The van der Waals surface area contributed by atoms with Crippen molar-refractivity contribution in [1.82, 2.24) is 0 Å². The molecule has 0 saturated heterocycles. The predicted molar refractivity (Wildman–Crippen MR) is 83.7 cm³/mol. The van der Waals surface area contributed by atoms with E-state index in [2.05, 4.69) is 43.1 Å². The lowest BCUT2D eigenvalue weighted by Crippen LogP contribution is -2.34. The largest absolute Gasteiger partial charge is 0.371 e. The van der Waals surface area contributed by atoms with Gasteiger partial charge in [0.2, 0.25) is 0 Å². The maximum Gasteiger partial charge on any atom is 0.0399 e. The third-order valence-corrected chi connectivity index (χ3v) is 4.50. The van der Waals surface area contributed by atoms with E-state index in [1.165, 1.54) is 43.4 Å². The standard InChI is InChI=1S/C17H28N2/c1-3-15(18)13-14-9-7-8-12-17(14)19(2)16-10-5-4-6-11-16/h7-9,12,15-16H,3-6,10-11,13,18H2,1-2H3. The monoisotopic (exact) mass is 260 g/mol. The van der Waals surface area contributed by atoms with Crippen molar-refractivity contribution in [1.29, 1.82) is 0 Å². The quantitative estimate of drug-likeness (QED) is 0.874. The summed E-state index contributed by atoms with van der Waals surface area (Å²) >= 11 is 0. The van der Waals surface area contributed by atoms with Crippen LogP contribution in [-0.2, 0) is 6.42 Å². The van der Waals surface area contributed by atoms with Gasteiger partial charge in [-0.1, -0.05) is 44.4 Å². The average molecular weight is 260 g/mol. The highest BCUT2D eigenvalue weighted by molar-refractivity contribution is 5.54. The van der Waals surface area contributed by atoms with E-state index in [1.54, 1.807) is 0 Å². The van der Waals surface area contributed by atoms with Gasteiger partial charge in [-0.05, 0) is 37.3 Å². The molecule has 0 aliphatic heterocycles.